The minimum absolute atomic E-state index is 0.240. The van der Waals surface area contributed by atoms with Gasteiger partial charge < -0.3 is 15.2 Å². The van der Waals surface area contributed by atoms with Crippen molar-refractivity contribution in [1.29, 1.82) is 0 Å². The van der Waals surface area contributed by atoms with Crippen molar-refractivity contribution in [2.75, 3.05) is 13.2 Å². The second-order valence-electron chi connectivity index (χ2n) is 4.91. The fraction of sp³-hybridized carbons (Fsp3) is 0.471. The third-order valence-electron chi connectivity index (χ3n) is 3.06. The maximum Gasteiger partial charge on any atom is 0.191 e. The van der Waals surface area contributed by atoms with Gasteiger partial charge in [-0.05, 0) is 25.1 Å². The molecular formula is C17H24ClNO3. The first kappa shape index (κ1) is 18.4. The molecule has 1 aromatic carbocycles. The fourth-order valence-corrected chi connectivity index (χ4v) is 2.01. The van der Waals surface area contributed by atoms with Gasteiger partial charge in [0.15, 0.2) is 5.78 Å². The smallest absolute Gasteiger partial charge is 0.191 e. The zero-order chi connectivity index (χ0) is 16.4. The van der Waals surface area contributed by atoms with Gasteiger partial charge >= 0.3 is 0 Å². The summed E-state index contributed by atoms with van der Waals surface area (Å²) in [6.07, 6.45) is 6.40. The predicted octanol–water partition coefficient (Wildman–Crippen LogP) is 4.35. The number of rotatable bonds is 10. The minimum Gasteiger partial charge on any atom is -0.493 e. The summed E-state index contributed by atoms with van der Waals surface area (Å²) >= 11 is 6.20. The lowest BCUT2D eigenvalue weighted by Crippen LogP contribution is -2.06. The lowest BCUT2D eigenvalue weighted by molar-refractivity contribution is 0.104. The number of hydrogen-bond donors (Lipinski definition) is 1. The van der Waals surface area contributed by atoms with Gasteiger partial charge in [-0.3, -0.25) is 4.79 Å². The van der Waals surface area contributed by atoms with Crippen molar-refractivity contribution >= 4 is 17.4 Å². The van der Waals surface area contributed by atoms with Gasteiger partial charge in [-0.15, -0.1) is 0 Å². The first-order valence-electron chi connectivity index (χ1n) is 7.65. The highest BCUT2D eigenvalue weighted by Crippen LogP contribution is 2.33. The van der Waals surface area contributed by atoms with Crippen LogP contribution in [0.3, 0.4) is 0 Å². The molecule has 2 N–H and O–H groups in total. The van der Waals surface area contributed by atoms with E-state index in [-0.39, 0.29) is 5.78 Å². The Balaban J connectivity index is 3.03. The minimum atomic E-state index is -0.240. The monoisotopic (exact) mass is 325 g/mol. The van der Waals surface area contributed by atoms with Crippen LogP contribution in [-0.2, 0) is 0 Å². The van der Waals surface area contributed by atoms with E-state index < -0.39 is 0 Å². The summed E-state index contributed by atoms with van der Waals surface area (Å²) in [5, 5.41) is 0.396. The Hall–Kier alpha value is -1.68. The van der Waals surface area contributed by atoms with Crippen LogP contribution in [0.15, 0.2) is 24.4 Å². The van der Waals surface area contributed by atoms with Crippen molar-refractivity contribution in [2.24, 2.45) is 5.73 Å². The highest BCUT2D eigenvalue weighted by atomic mass is 35.5. The van der Waals surface area contributed by atoms with Crippen LogP contribution < -0.4 is 15.2 Å². The Kier molecular flexibility index (Phi) is 8.44. The van der Waals surface area contributed by atoms with E-state index in [1.165, 1.54) is 12.3 Å². The number of benzene rings is 1. The van der Waals surface area contributed by atoms with E-state index in [2.05, 4.69) is 13.8 Å². The highest BCUT2D eigenvalue weighted by molar-refractivity contribution is 6.32. The molecular weight excluding hydrogens is 302 g/mol. The molecule has 0 saturated carbocycles. The molecule has 0 unspecified atom stereocenters. The van der Waals surface area contributed by atoms with Crippen LogP contribution in [0.5, 0.6) is 11.5 Å². The molecule has 0 heterocycles. The molecule has 0 aliphatic carbocycles. The summed E-state index contributed by atoms with van der Waals surface area (Å²) in [6.45, 7) is 5.29. The van der Waals surface area contributed by atoms with Crippen LogP contribution in [0, 0.1) is 0 Å². The number of carbonyl (C=O) groups is 1. The Morgan fingerprint density at radius 3 is 2.27 bits per heavy atom. The topological polar surface area (TPSA) is 61.5 Å². The summed E-state index contributed by atoms with van der Waals surface area (Å²) in [4.78, 5) is 12.1. The zero-order valence-electron chi connectivity index (χ0n) is 13.2. The fourth-order valence-electron chi connectivity index (χ4n) is 1.79. The van der Waals surface area contributed by atoms with Gasteiger partial charge in [0.1, 0.15) is 11.5 Å². The van der Waals surface area contributed by atoms with Gasteiger partial charge in [0.25, 0.3) is 0 Å². The number of allylic oxidation sites excluding steroid dienone is 1. The number of carbonyl (C=O) groups excluding carboxylic acids is 1. The second-order valence-corrected chi connectivity index (χ2v) is 5.31. The van der Waals surface area contributed by atoms with Crippen molar-refractivity contribution in [3.63, 3.8) is 0 Å². The lowest BCUT2D eigenvalue weighted by atomic mass is 10.1. The number of unbranched alkanes of at least 4 members (excludes halogenated alkanes) is 2. The highest BCUT2D eigenvalue weighted by Gasteiger charge is 2.15. The first-order chi connectivity index (χ1) is 10.6. The van der Waals surface area contributed by atoms with E-state index in [1.54, 1.807) is 12.1 Å². The van der Waals surface area contributed by atoms with Gasteiger partial charge in [0.05, 0.1) is 23.8 Å². The van der Waals surface area contributed by atoms with Crippen molar-refractivity contribution in [1.82, 2.24) is 0 Å². The molecule has 1 rings (SSSR count). The molecule has 122 valence electrons. The van der Waals surface area contributed by atoms with Crippen LogP contribution in [0.2, 0.25) is 5.02 Å². The average Bonchev–Trinajstić information content (AvgIpc) is 2.50. The van der Waals surface area contributed by atoms with Crippen molar-refractivity contribution in [3.8, 4) is 11.5 Å². The zero-order valence-corrected chi connectivity index (χ0v) is 14.0. The molecule has 0 aliphatic rings. The Bertz CT molecular complexity index is 515. The summed E-state index contributed by atoms with van der Waals surface area (Å²) < 4.78 is 11.4. The summed E-state index contributed by atoms with van der Waals surface area (Å²) in [5.41, 5.74) is 5.68. The predicted molar refractivity (Wildman–Crippen MR) is 89.9 cm³/mol. The number of ketones is 1. The van der Waals surface area contributed by atoms with Crippen LogP contribution in [0.4, 0.5) is 0 Å². The SMILES string of the molecule is CCCCOc1cc(OCCCC)c(C(=O)/C=C/N)cc1Cl. The molecule has 0 bridgehead atoms. The Labute approximate surface area is 137 Å². The van der Waals surface area contributed by atoms with E-state index in [9.17, 15) is 4.79 Å². The number of hydrogen-bond acceptors (Lipinski definition) is 4. The van der Waals surface area contributed by atoms with Crippen molar-refractivity contribution in [2.45, 2.75) is 39.5 Å². The largest absolute Gasteiger partial charge is 0.493 e. The Morgan fingerprint density at radius 2 is 1.73 bits per heavy atom. The summed E-state index contributed by atoms with van der Waals surface area (Å²) in [6, 6.07) is 3.26. The van der Waals surface area contributed by atoms with Gasteiger partial charge in [-0.2, -0.15) is 0 Å². The number of halogens is 1. The lowest BCUT2D eigenvalue weighted by Gasteiger charge is -2.14. The van der Waals surface area contributed by atoms with Gasteiger partial charge in [-0.25, -0.2) is 0 Å². The van der Waals surface area contributed by atoms with Crippen LogP contribution in [-0.4, -0.2) is 19.0 Å². The molecule has 5 heteroatoms. The molecule has 0 aliphatic heterocycles. The van der Waals surface area contributed by atoms with Gasteiger partial charge in [0.2, 0.25) is 0 Å². The van der Waals surface area contributed by atoms with Crippen LogP contribution in [0.25, 0.3) is 0 Å². The van der Waals surface area contributed by atoms with E-state index in [1.807, 2.05) is 0 Å². The number of nitrogens with two attached hydrogens (primary N) is 1. The molecule has 1 aromatic rings. The maximum atomic E-state index is 12.1. The van der Waals surface area contributed by atoms with Crippen LogP contribution in [0.1, 0.15) is 49.9 Å². The van der Waals surface area contributed by atoms with Crippen LogP contribution >= 0.6 is 11.6 Å². The van der Waals surface area contributed by atoms with Gasteiger partial charge in [0, 0.05) is 12.1 Å². The first-order valence-corrected chi connectivity index (χ1v) is 8.03. The van der Waals surface area contributed by atoms with E-state index >= 15 is 0 Å². The maximum absolute atomic E-state index is 12.1. The molecule has 0 spiro atoms. The average molecular weight is 326 g/mol. The molecule has 22 heavy (non-hydrogen) atoms. The molecule has 0 fully saturated rings. The van der Waals surface area contributed by atoms with E-state index in [4.69, 9.17) is 26.8 Å². The third-order valence-corrected chi connectivity index (χ3v) is 3.35. The summed E-state index contributed by atoms with van der Waals surface area (Å²) in [7, 11) is 0. The molecule has 0 amide bonds. The summed E-state index contributed by atoms with van der Waals surface area (Å²) in [5.74, 6) is 0.776. The molecule has 0 aromatic heterocycles. The normalized spacial score (nSPS) is 10.9. The number of ether oxygens (including phenoxy) is 2. The van der Waals surface area contributed by atoms with E-state index in [0.29, 0.717) is 35.3 Å². The van der Waals surface area contributed by atoms with Crippen molar-refractivity contribution < 1.29 is 14.3 Å². The van der Waals surface area contributed by atoms with E-state index in [0.717, 1.165) is 25.7 Å². The molecule has 0 radical (unpaired) electrons. The second kappa shape index (κ2) is 10.1. The van der Waals surface area contributed by atoms with Crippen molar-refractivity contribution in [3.05, 3.63) is 35.0 Å². The molecule has 0 saturated heterocycles. The third kappa shape index (κ3) is 5.60. The quantitative estimate of drug-likeness (QED) is 0.394. The van der Waals surface area contributed by atoms with Gasteiger partial charge in [-0.1, -0.05) is 38.3 Å². The molecule has 4 nitrogen and oxygen atoms in total. The Morgan fingerprint density at radius 1 is 1.14 bits per heavy atom. The standard InChI is InChI=1S/C17H24ClNO3/c1-3-5-9-21-16-12-17(22-10-6-4-2)14(18)11-13(16)15(20)7-8-19/h7-8,11-12H,3-6,9-10,19H2,1-2H3/b8-7+. The molecule has 0 atom stereocenters.